The smallest absolute Gasteiger partial charge is 0.251 e. The first kappa shape index (κ1) is 20.8. The molecular formula is C25H21N5O2. The largest absolute Gasteiger partial charge is 0.457 e. The van der Waals surface area contributed by atoms with E-state index in [1.165, 1.54) is 0 Å². The van der Waals surface area contributed by atoms with Crippen molar-refractivity contribution in [3.8, 4) is 23.3 Å². The summed E-state index contributed by atoms with van der Waals surface area (Å²) in [5, 5.41) is 7.05. The zero-order valence-electron chi connectivity index (χ0n) is 17.5. The number of carbonyl (C=O) groups is 1. The Balaban J connectivity index is 1.44. The molecule has 158 valence electrons. The van der Waals surface area contributed by atoms with Crippen LogP contribution in [0, 0.1) is 18.8 Å². The molecular weight excluding hydrogens is 402 g/mol. The van der Waals surface area contributed by atoms with Gasteiger partial charge in [0.1, 0.15) is 23.7 Å². The van der Waals surface area contributed by atoms with Crippen LogP contribution in [0.2, 0.25) is 0 Å². The van der Waals surface area contributed by atoms with Crippen LogP contribution in [0.15, 0.2) is 79.5 Å². The minimum Gasteiger partial charge on any atom is -0.457 e. The van der Waals surface area contributed by atoms with Crippen molar-refractivity contribution >= 4 is 5.91 Å². The highest BCUT2D eigenvalue weighted by Crippen LogP contribution is 2.27. The van der Waals surface area contributed by atoms with Gasteiger partial charge in [0.25, 0.3) is 5.91 Å². The second-order valence-corrected chi connectivity index (χ2v) is 6.95. The highest BCUT2D eigenvalue weighted by molar-refractivity contribution is 5.96. The van der Waals surface area contributed by atoms with Crippen LogP contribution < -0.4 is 10.1 Å². The molecule has 0 unspecified atom stereocenters. The number of hydrogen-bond acceptors (Lipinski definition) is 5. The Morgan fingerprint density at radius 2 is 1.97 bits per heavy atom. The average molecular weight is 423 g/mol. The van der Waals surface area contributed by atoms with Crippen LogP contribution in [0.5, 0.6) is 11.5 Å². The van der Waals surface area contributed by atoms with Crippen LogP contribution in [-0.4, -0.2) is 25.7 Å². The number of aromatic nitrogens is 4. The van der Waals surface area contributed by atoms with Crippen LogP contribution in [-0.2, 0) is 13.1 Å². The van der Waals surface area contributed by atoms with Gasteiger partial charge in [-0.2, -0.15) is 5.10 Å². The predicted molar refractivity (Wildman–Crippen MR) is 120 cm³/mol. The number of carbonyl (C=O) groups excluding carboxylic acids is 1. The van der Waals surface area contributed by atoms with Gasteiger partial charge in [-0.05, 0) is 54.8 Å². The standard InChI is InChI=1S/C25H21N5O2/c1-19-23(25(31)28-18-20-8-12-26-13-9-20)6-2-7-24(19)32-22-10-14-27-21(17-22)5-3-15-30-16-4-11-29-30/h2,4,6-14,16-17H,15,18H2,1H3,(H,28,31). The molecule has 0 atom stereocenters. The summed E-state index contributed by atoms with van der Waals surface area (Å²) in [5.41, 5.74) is 2.89. The second kappa shape index (κ2) is 10.0. The van der Waals surface area contributed by atoms with Gasteiger partial charge in [-0.15, -0.1) is 0 Å². The number of benzene rings is 1. The fraction of sp³-hybridized carbons (Fsp3) is 0.120. The summed E-state index contributed by atoms with van der Waals surface area (Å²) in [6.45, 7) is 2.77. The van der Waals surface area contributed by atoms with E-state index in [0.29, 0.717) is 35.8 Å². The third-order valence-electron chi connectivity index (χ3n) is 4.71. The van der Waals surface area contributed by atoms with E-state index in [2.05, 4.69) is 32.2 Å². The number of nitrogens with one attached hydrogen (secondary N) is 1. The molecule has 0 saturated heterocycles. The van der Waals surface area contributed by atoms with Gasteiger partial charge >= 0.3 is 0 Å². The molecule has 0 radical (unpaired) electrons. The van der Waals surface area contributed by atoms with Gasteiger partial charge in [0.05, 0.1) is 0 Å². The summed E-state index contributed by atoms with van der Waals surface area (Å²) in [5.74, 6) is 7.08. The molecule has 32 heavy (non-hydrogen) atoms. The number of nitrogens with zero attached hydrogens (tertiary/aromatic N) is 4. The van der Waals surface area contributed by atoms with Crippen LogP contribution in [0.25, 0.3) is 0 Å². The third-order valence-corrected chi connectivity index (χ3v) is 4.71. The molecule has 1 aromatic carbocycles. The van der Waals surface area contributed by atoms with Gasteiger partial charge in [-0.3, -0.25) is 14.5 Å². The van der Waals surface area contributed by atoms with Crippen molar-refractivity contribution in [2.24, 2.45) is 0 Å². The molecule has 0 fully saturated rings. The number of pyridine rings is 2. The van der Waals surface area contributed by atoms with Crippen molar-refractivity contribution in [3.05, 3.63) is 102 Å². The Hall–Kier alpha value is -4.44. The Labute approximate surface area is 186 Å². The summed E-state index contributed by atoms with van der Waals surface area (Å²) in [6.07, 6.45) is 8.61. The van der Waals surface area contributed by atoms with Gasteiger partial charge < -0.3 is 10.1 Å². The van der Waals surface area contributed by atoms with E-state index in [4.69, 9.17) is 4.74 Å². The molecule has 7 nitrogen and oxygen atoms in total. The molecule has 0 aliphatic carbocycles. The highest BCUT2D eigenvalue weighted by atomic mass is 16.5. The molecule has 1 N–H and O–H groups in total. The minimum atomic E-state index is -0.162. The SMILES string of the molecule is Cc1c(Oc2ccnc(C#CCn3cccn3)c2)cccc1C(=O)NCc1ccncc1. The maximum absolute atomic E-state index is 12.7. The fourth-order valence-electron chi connectivity index (χ4n) is 3.02. The van der Waals surface area contributed by atoms with E-state index >= 15 is 0 Å². The second-order valence-electron chi connectivity index (χ2n) is 6.95. The Kier molecular flexibility index (Phi) is 6.54. The molecule has 3 heterocycles. The normalized spacial score (nSPS) is 10.2. The molecule has 0 spiro atoms. The molecule has 3 aromatic heterocycles. The van der Waals surface area contributed by atoms with Crippen LogP contribution >= 0.6 is 0 Å². The molecule has 0 aliphatic heterocycles. The third kappa shape index (κ3) is 5.37. The van der Waals surface area contributed by atoms with Gasteiger partial charge in [0, 0.05) is 54.7 Å². The van der Waals surface area contributed by atoms with Gasteiger partial charge in [-0.25, -0.2) is 4.98 Å². The summed E-state index contributed by atoms with van der Waals surface area (Å²) in [6, 6.07) is 14.5. The quantitative estimate of drug-likeness (QED) is 0.478. The first-order chi connectivity index (χ1) is 15.7. The van der Waals surface area contributed by atoms with Gasteiger partial charge in [-0.1, -0.05) is 12.0 Å². The molecule has 4 rings (SSSR count). The fourth-order valence-corrected chi connectivity index (χ4v) is 3.02. The maximum atomic E-state index is 12.7. The number of rotatable bonds is 6. The maximum Gasteiger partial charge on any atom is 0.251 e. The van der Waals surface area contributed by atoms with Crippen molar-refractivity contribution < 1.29 is 9.53 Å². The van der Waals surface area contributed by atoms with E-state index in [1.807, 2.05) is 37.4 Å². The summed E-state index contributed by atoms with van der Waals surface area (Å²) in [7, 11) is 0. The van der Waals surface area contributed by atoms with E-state index in [9.17, 15) is 4.79 Å². The lowest BCUT2D eigenvalue weighted by Crippen LogP contribution is -2.23. The number of amides is 1. The summed E-state index contributed by atoms with van der Waals surface area (Å²) >= 11 is 0. The van der Waals surface area contributed by atoms with Crippen molar-refractivity contribution in [3.63, 3.8) is 0 Å². The minimum absolute atomic E-state index is 0.162. The van der Waals surface area contributed by atoms with Crippen LogP contribution in [0.4, 0.5) is 0 Å². The first-order valence-electron chi connectivity index (χ1n) is 10.1. The van der Waals surface area contributed by atoms with Gasteiger partial charge in [0.15, 0.2) is 0 Å². The Morgan fingerprint density at radius 1 is 1.09 bits per heavy atom. The lowest BCUT2D eigenvalue weighted by atomic mass is 10.1. The van der Waals surface area contributed by atoms with E-state index < -0.39 is 0 Å². The van der Waals surface area contributed by atoms with Crippen molar-refractivity contribution in [2.75, 3.05) is 0 Å². The number of ether oxygens (including phenoxy) is 1. The lowest BCUT2D eigenvalue weighted by molar-refractivity contribution is 0.0950. The van der Waals surface area contributed by atoms with E-state index in [1.54, 1.807) is 53.7 Å². The topological polar surface area (TPSA) is 81.9 Å². The first-order valence-corrected chi connectivity index (χ1v) is 10.1. The molecule has 1 amide bonds. The Bertz CT molecular complexity index is 1260. The zero-order valence-corrected chi connectivity index (χ0v) is 17.5. The lowest BCUT2D eigenvalue weighted by Gasteiger charge is -2.13. The van der Waals surface area contributed by atoms with Gasteiger partial charge in [0.2, 0.25) is 0 Å². The predicted octanol–water partition coefficient (Wildman–Crippen LogP) is 3.76. The molecule has 7 heteroatoms. The van der Waals surface area contributed by atoms with E-state index in [-0.39, 0.29) is 5.91 Å². The Morgan fingerprint density at radius 3 is 2.78 bits per heavy atom. The van der Waals surface area contributed by atoms with Crippen LogP contribution in [0.1, 0.15) is 27.2 Å². The molecule has 0 aliphatic rings. The summed E-state index contributed by atoms with van der Waals surface area (Å²) in [4.78, 5) is 20.9. The zero-order chi connectivity index (χ0) is 22.2. The average Bonchev–Trinajstić information content (AvgIpc) is 3.33. The van der Waals surface area contributed by atoms with Crippen molar-refractivity contribution in [1.29, 1.82) is 0 Å². The molecule has 0 saturated carbocycles. The van der Waals surface area contributed by atoms with Crippen molar-refractivity contribution in [2.45, 2.75) is 20.0 Å². The van der Waals surface area contributed by atoms with Crippen molar-refractivity contribution in [1.82, 2.24) is 25.1 Å². The molecule has 4 aromatic rings. The van der Waals surface area contributed by atoms with E-state index in [0.717, 1.165) is 11.1 Å². The van der Waals surface area contributed by atoms with Crippen LogP contribution in [0.3, 0.4) is 0 Å². The summed E-state index contributed by atoms with van der Waals surface area (Å²) < 4.78 is 7.78. The highest BCUT2D eigenvalue weighted by Gasteiger charge is 2.13. The molecule has 0 bridgehead atoms. The monoisotopic (exact) mass is 423 g/mol. The number of hydrogen-bond donors (Lipinski definition) is 1.